The second-order valence-electron chi connectivity index (χ2n) is 10.4. The molecule has 0 spiro atoms. The van der Waals surface area contributed by atoms with Crippen molar-refractivity contribution in [3.05, 3.63) is 29.8 Å². The first-order valence-electron chi connectivity index (χ1n) is 14.8. The zero-order chi connectivity index (χ0) is 29.9. The van der Waals surface area contributed by atoms with Gasteiger partial charge in [-0.05, 0) is 37.3 Å². The maximum Gasteiger partial charge on any atom is 0.472 e. The van der Waals surface area contributed by atoms with E-state index < -0.39 is 44.6 Å². The van der Waals surface area contributed by atoms with E-state index in [1.165, 1.54) is 44.9 Å². The van der Waals surface area contributed by atoms with Gasteiger partial charge in [0.2, 0.25) is 0 Å². The van der Waals surface area contributed by atoms with Crippen LogP contribution in [0.2, 0.25) is 0 Å². The van der Waals surface area contributed by atoms with Gasteiger partial charge in [-0.1, -0.05) is 76.5 Å². The van der Waals surface area contributed by atoms with Crippen molar-refractivity contribution in [1.29, 1.82) is 0 Å². The maximum atomic E-state index is 12.7. The number of carboxylic acid groups (broad SMARTS) is 1. The number of aliphatic carboxylic acids is 1. The number of phosphoric ester groups is 1. The zero-order valence-corrected chi connectivity index (χ0v) is 25.1. The summed E-state index contributed by atoms with van der Waals surface area (Å²) < 4.78 is 38.9. The minimum Gasteiger partial charge on any atom is -0.493 e. The Kier molecular flexibility index (Phi) is 17.2. The lowest BCUT2D eigenvalue weighted by atomic mass is 10.1. The zero-order valence-electron chi connectivity index (χ0n) is 24.2. The van der Waals surface area contributed by atoms with Crippen LogP contribution in [0.3, 0.4) is 0 Å². The molecular formula is C29H48NO10P. The summed E-state index contributed by atoms with van der Waals surface area (Å²) in [6.07, 6.45) is 11.5. The van der Waals surface area contributed by atoms with Crippen LogP contribution in [-0.2, 0) is 39.1 Å². The predicted molar refractivity (Wildman–Crippen MR) is 154 cm³/mol. The van der Waals surface area contributed by atoms with E-state index in [1.54, 1.807) is 0 Å². The first kappa shape index (κ1) is 35.2. The Morgan fingerprint density at radius 1 is 1.07 bits per heavy atom. The molecule has 0 bridgehead atoms. The van der Waals surface area contributed by atoms with Crippen molar-refractivity contribution < 1.29 is 47.4 Å². The minimum atomic E-state index is -4.57. The molecule has 4 N–H and O–H groups in total. The van der Waals surface area contributed by atoms with E-state index in [0.717, 1.165) is 24.2 Å². The van der Waals surface area contributed by atoms with Gasteiger partial charge in [0.1, 0.15) is 24.0 Å². The van der Waals surface area contributed by atoms with E-state index in [2.05, 4.69) is 11.4 Å². The van der Waals surface area contributed by atoms with E-state index >= 15 is 0 Å². The van der Waals surface area contributed by atoms with Crippen LogP contribution in [0.5, 0.6) is 5.75 Å². The Bertz CT molecular complexity index is 946. The lowest BCUT2D eigenvalue weighted by molar-refractivity contribution is -0.166. The van der Waals surface area contributed by atoms with Crippen molar-refractivity contribution >= 4 is 19.8 Å². The number of carboxylic acids is 1. The second kappa shape index (κ2) is 20.0. The number of hydrogen-bond acceptors (Lipinski definition) is 9. The third kappa shape index (κ3) is 15.2. The molecule has 1 aromatic rings. The van der Waals surface area contributed by atoms with Crippen LogP contribution in [0.1, 0.15) is 89.5 Å². The van der Waals surface area contributed by atoms with Gasteiger partial charge < -0.3 is 29.9 Å². The number of para-hydroxylation sites is 1. The summed E-state index contributed by atoms with van der Waals surface area (Å²) in [6.45, 7) is 2.18. The van der Waals surface area contributed by atoms with Crippen molar-refractivity contribution in [3.63, 3.8) is 0 Å². The van der Waals surface area contributed by atoms with E-state index in [0.29, 0.717) is 32.5 Å². The van der Waals surface area contributed by atoms with Crippen LogP contribution >= 0.6 is 7.82 Å². The van der Waals surface area contributed by atoms with Crippen LogP contribution in [0.25, 0.3) is 0 Å². The van der Waals surface area contributed by atoms with Gasteiger partial charge in [-0.3, -0.25) is 18.6 Å². The highest BCUT2D eigenvalue weighted by atomic mass is 31.2. The molecule has 12 heteroatoms. The summed E-state index contributed by atoms with van der Waals surface area (Å²) in [5.41, 5.74) is 6.21. The number of carbonyl (C=O) groups is 2. The number of phosphoric acid groups is 1. The molecule has 1 heterocycles. The summed E-state index contributed by atoms with van der Waals surface area (Å²) in [5, 5.41) is 8.77. The molecule has 1 aromatic carbocycles. The smallest absolute Gasteiger partial charge is 0.472 e. The summed E-state index contributed by atoms with van der Waals surface area (Å²) in [6, 6.07) is 6.21. The molecule has 41 heavy (non-hydrogen) atoms. The molecule has 4 atom stereocenters. The van der Waals surface area contributed by atoms with Gasteiger partial charge in [0.25, 0.3) is 0 Å². The van der Waals surface area contributed by atoms with Gasteiger partial charge in [0.05, 0.1) is 19.8 Å². The Labute approximate surface area is 243 Å². The molecule has 2 rings (SSSR count). The van der Waals surface area contributed by atoms with Crippen LogP contribution in [-0.4, -0.2) is 66.6 Å². The van der Waals surface area contributed by atoms with Gasteiger partial charge in [0.15, 0.2) is 0 Å². The number of hydrogen-bond donors (Lipinski definition) is 3. The van der Waals surface area contributed by atoms with Gasteiger partial charge in [-0.25, -0.2) is 4.57 Å². The van der Waals surface area contributed by atoms with E-state index in [4.69, 9.17) is 29.6 Å². The number of ether oxygens (including phenoxy) is 3. The molecule has 0 radical (unpaired) electrons. The van der Waals surface area contributed by atoms with Gasteiger partial charge in [-0.2, -0.15) is 0 Å². The summed E-state index contributed by atoms with van der Waals surface area (Å²) in [5.74, 6) is -1.02. The summed E-state index contributed by atoms with van der Waals surface area (Å²) in [7, 11) is -4.57. The Morgan fingerprint density at radius 3 is 2.46 bits per heavy atom. The molecule has 1 unspecified atom stereocenters. The molecule has 1 fully saturated rings. The first-order chi connectivity index (χ1) is 19.7. The van der Waals surface area contributed by atoms with Gasteiger partial charge >= 0.3 is 19.8 Å². The van der Waals surface area contributed by atoms with Crippen molar-refractivity contribution in [2.24, 2.45) is 5.73 Å². The summed E-state index contributed by atoms with van der Waals surface area (Å²) in [4.78, 5) is 33.2. The minimum absolute atomic E-state index is 0.136. The van der Waals surface area contributed by atoms with E-state index in [9.17, 15) is 19.0 Å². The predicted octanol–water partition coefficient (Wildman–Crippen LogP) is 5.17. The molecule has 1 aliphatic rings. The second-order valence-corrected chi connectivity index (χ2v) is 11.8. The number of nitrogens with two attached hydrogens (primary N) is 1. The number of rotatable bonds is 22. The maximum absolute atomic E-state index is 12.7. The Morgan fingerprint density at radius 2 is 1.76 bits per heavy atom. The van der Waals surface area contributed by atoms with Crippen molar-refractivity contribution in [2.45, 2.75) is 109 Å². The van der Waals surface area contributed by atoms with Crippen LogP contribution < -0.4 is 10.5 Å². The van der Waals surface area contributed by atoms with E-state index in [1.807, 2.05) is 24.3 Å². The molecule has 1 aliphatic heterocycles. The Balaban J connectivity index is 1.72. The van der Waals surface area contributed by atoms with Gasteiger partial charge in [-0.15, -0.1) is 0 Å². The standard InChI is InChI=1S/C29H48NO10P/c1-2-3-4-5-6-7-8-9-12-19-36-25-15-11-10-14-23(25)17-18-28(31)40-26-16-13-20-37-27(26)22-39-41(34,35)38-21-24(30)29(32)33/h10-11,14-15,24,26-27H,2-9,12-13,16-22,30H2,1H3,(H,32,33)(H,34,35)/t24-,26-,27-/m1/s1. The number of esters is 1. The Hall–Kier alpha value is -2.01. The van der Waals surface area contributed by atoms with E-state index in [-0.39, 0.29) is 13.0 Å². The molecule has 0 aliphatic carbocycles. The summed E-state index contributed by atoms with van der Waals surface area (Å²) >= 11 is 0. The molecular weight excluding hydrogens is 553 g/mol. The topological polar surface area (TPSA) is 164 Å². The lowest BCUT2D eigenvalue weighted by Gasteiger charge is -2.31. The monoisotopic (exact) mass is 601 g/mol. The quantitative estimate of drug-likeness (QED) is 0.0913. The number of aryl methyl sites for hydroxylation is 1. The molecule has 1 saturated heterocycles. The number of unbranched alkanes of at least 4 members (excludes halogenated alkanes) is 8. The number of benzene rings is 1. The fraction of sp³-hybridized carbons (Fsp3) is 0.724. The highest BCUT2D eigenvalue weighted by molar-refractivity contribution is 7.47. The van der Waals surface area contributed by atoms with Crippen molar-refractivity contribution in [2.75, 3.05) is 26.4 Å². The third-order valence-electron chi connectivity index (χ3n) is 6.88. The fourth-order valence-corrected chi connectivity index (χ4v) is 5.22. The number of carbonyl (C=O) groups excluding carboxylic acids is 1. The molecule has 234 valence electrons. The fourth-order valence-electron chi connectivity index (χ4n) is 4.46. The molecule has 0 aromatic heterocycles. The lowest BCUT2D eigenvalue weighted by Crippen LogP contribution is -2.40. The normalized spacial score (nSPS) is 19.3. The average molecular weight is 602 g/mol. The van der Waals surface area contributed by atoms with Gasteiger partial charge in [0, 0.05) is 13.0 Å². The van der Waals surface area contributed by atoms with Crippen LogP contribution in [0.15, 0.2) is 24.3 Å². The molecule has 0 saturated carbocycles. The first-order valence-corrected chi connectivity index (χ1v) is 16.3. The van der Waals surface area contributed by atoms with Crippen LogP contribution in [0, 0.1) is 0 Å². The molecule has 0 amide bonds. The van der Waals surface area contributed by atoms with Crippen LogP contribution in [0.4, 0.5) is 0 Å². The highest BCUT2D eigenvalue weighted by Crippen LogP contribution is 2.43. The van der Waals surface area contributed by atoms with Crippen molar-refractivity contribution in [1.82, 2.24) is 0 Å². The van der Waals surface area contributed by atoms with Crippen molar-refractivity contribution in [3.8, 4) is 5.75 Å². The third-order valence-corrected chi connectivity index (χ3v) is 7.83. The highest BCUT2D eigenvalue weighted by Gasteiger charge is 2.33. The largest absolute Gasteiger partial charge is 0.493 e. The average Bonchev–Trinajstić information content (AvgIpc) is 2.96. The molecule has 11 nitrogen and oxygen atoms in total. The SMILES string of the molecule is CCCCCCCCCCCOc1ccccc1CCC(=O)O[C@@H]1CCCO[C@@H]1COP(=O)(O)OC[C@@H](N)C(=O)O.